The molecule has 0 aromatic rings. The molecule has 2 fully saturated rings. The highest BCUT2D eigenvalue weighted by Gasteiger charge is 2.47. The highest BCUT2D eigenvalue weighted by Crippen LogP contribution is 2.50. The highest BCUT2D eigenvalue weighted by molar-refractivity contribution is 4.99. The fourth-order valence-corrected chi connectivity index (χ4v) is 3.04. The summed E-state index contributed by atoms with van der Waals surface area (Å²) in [6.45, 7) is 1.89. The molecule has 2 N–H and O–H groups in total. The maximum absolute atomic E-state index is 9.46. The fraction of sp³-hybridized carbons (Fsp3) is 1.00. The number of nitrogens with zero attached hydrogens (tertiary/aromatic N) is 1. The van der Waals surface area contributed by atoms with E-state index >= 15 is 0 Å². The van der Waals surface area contributed by atoms with E-state index in [0.29, 0.717) is 17.8 Å². The summed E-state index contributed by atoms with van der Waals surface area (Å²) < 4.78 is 0. The molecule has 3 nitrogen and oxygen atoms in total. The van der Waals surface area contributed by atoms with Crippen molar-refractivity contribution in [2.45, 2.75) is 38.3 Å². The van der Waals surface area contributed by atoms with Gasteiger partial charge in [-0.25, -0.2) is 5.53 Å². The quantitative estimate of drug-likeness (QED) is 0.607. The Kier molecular flexibility index (Phi) is 1.91. The molecule has 5 unspecified atom stereocenters. The molecule has 2 saturated carbocycles. The van der Waals surface area contributed by atoms with Gasteiger partial charge in [-0.05, 0) is 43.9 Å². The number of aliphatic hydroxyl groups is 1. The van der Waals surface area contributed by atoms with E-state index in [1.807, 2.05) is 6.92 Å². The van der Waals surface area contributed by atoms with Gasteiger partial charge in [0.15, 0.2) is 0 Å². The van der Waals surface area contributed by atoms with E-state index in [1.54, 1.807) is 0 Å². The molecule has 0 radical (unpaired) electrons. The topological polar surface area (TPSA) is 56.4 Å². The standard InChI is InChI=1S/C9H16N2O/c1-5(12)8-3-7-2-6(8)4-9(7)11-10/h5-10,12H,2-4H2,1H3. The van der Waals surface area contributed by atoms with Crippen molar-refractivity contribution in [1.82, 2.24) is 0 Å². The summed E-state index contributed by atoms with van der Waals surface area (Å²) in [6.07, 6.45) is 3.17. The first-order valence-electron chi connectivity index (χ1n) is 4.77. The number of fused-ring (bicyclic) bond motifs is 2. The molecule has 0 spiro atoms. The Morgan fingerprint density at radius 2 is 2.08 bits per heavy atom. The molecular formula is C9H16N2O. The third-order valence-electron chi connectivity index (χ3n) is 3.66. The van der Waals surface area contributed by atoms with Crippen LogP contribution in [0.1, 0.15) is 26.2 Å². The summed E-state index contributed by atoms with van der Waals surface area (Å²) in [5.41, 5.74) is 6.99. The zero-order valence-corrected chi connectivity index (χ0v) is 7.40. The molecule has 68 valence electrons. The monoisotopic (exact) mass is 168 g/mol. The van der Waals surface area contributed by atoms with Crippen molar-refractivity contribution in [3.8, 4) is 0 Å². The van der Waals surface area contributed by atoms with Gasteiger partial charge in [0, 0.05) is 0 Å². The van der Waals surface area contributed by atoms with Crippen molar-refractivity contribution in [2.24, 2.45) is 22.9 Å². The van der Waals surface area contributed by atoms with E-state index in [-0.39, 0.29) is 12.1 Å². The van der Waals surface area contributed by atoms with Gasteiger partial charge in [0.1, 0.15) is 0 Å². The van der Waals surface area contributed by atoms with Crippen LogP contribution in [0.15, 0.2) is 5.11 Å². The van der Waals surface area contributed by atoms with Gasteiger partial charge in [-0.2, -0.15) is 5.11 Å². The molecule has 0 aromatic heterocycles. The minimum atomic E-state index is -0.160. The second kappa shape index (κ2) is 2.80. The summed E-state index contributed by atoms with van der Waals surface area (Å²) in [5.74, 6) is 1.74. The number of nitrogens with one attached hydrogen (secondary N) is 1. The van der Waals surface area contributed by atoms with Crippen LogP contribution in [0.25, 0.3) is 0 Å². The first-order valence-corrected chi connectivity index (χ1v) is 4.77. The molecule has 2 aliphatic carbocycles. The minimum absolute atomic E-state index is 0.160. The molecule has 0 aromatic carbocycles. The molecule has 2 bridgehead atoms. The van der Waals surface area contributed by atoms with Gasteiger partial charge in [-0.3, -0.25) is 0 Å². The van der Waals surface area contributed by atoms with Gasteiger partial charge < -0.3 is 5.11 Å². The molecule has 3 heteroatoms. The van der Waals surface area contributed by atoms with Crippen molar-refractivity contribution < 1.29 is 5.11 Å². The Bertz CT molecular complexity index is 193. The lowest BCUT2D eigenvalue weighted by Gasteiger charge is -2.26. The number of hydrogen-bond acceptors (Lipinski definition) is 3. The van der Waals surface area contributed by atoms with E-state index in [2.05, 4.69) is 5.11 Å². The summed E-state index contributed by atoms with van der Waals surface area (Å²) in [7, 11) is 0. The van der Waals surface area contributed by atoms with E-state index in [1.165, 1.54) is 6.42 Å². The normalized spacial score (nSPS) is 47.8. The first kappa shape index (κ1) is 8.17. The smallest absolute Gasteiger partial charge is 0.0736 e. The van der Waals surface area contributed by atoms with E-state index in [9.17, 15) is 5.11 Å². The van der Waals surface area contributed by atoms with Crippen LogP contribution in [0.3, 0.4) is 0 Å². The molecule has 12 heavy (non-hydrogen) atoms. The Balaban J connectivity index is 2.02. The molecular weight excluding hydrogens is 152 g/mol. The predicted octanol–water partition coefficient (Wildman–Crippen LogP) is 1.81. The molecule has 5 atom stereocenters. The zero-order chi connectivity index (χ0) is 8.72. The summed E-state index contributed by atoms with van der Waals surface area (Å²) in [5, 5.41) is 13.1. The summed E-state index contributed by atoms with van der Waals surface area (Å²) in [4.78, 5) is 0. The molecule has 2 aliphatic rings. The van der Waals surface area contributed by atoms with E-state index in [4.69, 9.17) is 5.53 Å². The Labute approximate surface area is 72.7 Å². The fourth-order valence-electron chi connectivity index (χ4n) is 3.04. The van der Waals surface area contributed by atoms with Crippen LogP contribution in [0.5, 0.6) is 0 Å². The number of aliphatic hydroxyl groups excluding tert-OH is 1. The van der Waals surface area contributed by atoms with Gasteiger partial charge in [-0.15, -0.1) is 0 Å². The maximum atomic E-state index is 9.46. The van der Waals surface area contributed by atoms with E-state index < -0.39 is 0 Å². The Morgan fingerprint density at radius 1 is 1.33 bits per heavy atom. The molecule has 0 amide bonds. The van der Waals surface area contributed by atoms with Crippen LogP contribution in [-0.2, 0) is 0 Å². The van der Waals surface area contributed by atoms with Crippen LogP contribution in [0.4, 0.5) is 0 Å². The minimum Gasteiger partial charge on any atom is -0.393 e. The Morgan fingerprint density at radius 3 is 2.50 bits per heavy atom. The van der Waals surface area contributed by atoms with Gasteiger partial charge >= 0.3 is 0 Å². The maximum Gasteiger partial charge on any atom is 0.0736 e. The summed E-state index contributed by atoms with van der Waals surface area (Å²) in [6, 6.07) is 0.282. The third-order valence-corrected chi connectivity index (χ3v) is 3.66. The third kappa shape index (κ3) is 1.07. The van der Waals surface area contributed by atoms with Gasteiger partial charge in [0.25, 0.3) is 0 Å². The first-order chi connectivity index (χ1) is 5.72. The van der Waals surface area contributed by atoms with Crippen LogP contribution < -0.4 is 0 Å². The van der Waals surface area contributed by atoms with Crippen LogP contribution in [0, 0.1) is 23.3 Å². The van der Waals surface area contributed by atoms with Crippen molar-refractivity contribution in [2.75, 3.05) is 0 Å². The highest BCUT2D eigenvalue weighted by atomic mass is 16.3. The van der Waals surface area contributed by atoms with Crippen LogP contribution in [-0.4, -0.2) is 17.3 Å². The van der Waals surface area contributed by atoms with Crippen molar-refractivity contribution in [3.05, 3.63) is 0 Å². The van der Waals surface area contributed by atoms with Gasteiger partial charge in [-0.1, -0.05) is 0 Å². The van der Waals surface area contributed by atoms with Gasteiger partial charge in [0.05, 0.1) is 12.1 Å². The SMILES string of the molecule is CC(O)C1CC2CC1CC2N=N. The lowest BCUT2D eigenvalue weighted by Crippen LogP contribution is -2.27. The van der Waals surface area contributed by atoms with E-state index in [0.717, 1.165) is 12.8 Å². The number of hydrogen-bond donors (Lipinski definition) is 2. The van der Waals surface area contributed by atoms with Crippen molar-refractivity contribution in [3.63, 3.8) is 0 Å². The van der Waals surface area contributed by atoms with Crippen LogP contribution >= 0.6 is 0 Å². The number of rotatable bonds is 2. The second-order valence-corrected chi connectivity index (χ2v) is 4.33. The lowest BCUT2D eigenvalue weighted by atomic mass is 9.83. The van der Waals surface area contributed by atoms with Gasteiger partial charge in [0.2, 0.25) is 0 Å². The molecule has 0 aliphatic heterocycles. The average molecular weight is 168 g/mol. The summed E-state index contributed by atoms with van der Waals surface area (Å²) >= 11 is 0. The van der Waals surface area contributed by atoms with Crippen molar-refractivity contribution >= 4 is 0 Å². The molecule has 0 saturated heterocycles. The molecule has 2 rings (SSSR count). The molecule has 0 heterocycles. The van der Waals surface area contributed by atoms with Crippen LogP contribution in [0.2, 0.25) is 0 Å². The lowest BCUT2D eigenvalue weighted by molar-refractivity contribution is 0.0866. The predicted molar refractivity (Wildman–Crippen MR) is 44.9 cm³/mol. The second-order valence-electron chi connectivity index (χ2n) is 4.33. The van der Waals surface area contributed by atoms with Crippen molar-refractivity contribution in [1.29, 1.82) is 5.53 Å². The largest absolute Gasteiger partial charge is 0.393 e. The zero-order valence-electron chi connectivity index (χ0n) is 7.40. The Hall–Kier alpha value is -0.440. The average Bonchev–Trinajstić information content (AvgIpc) is 2.60.